The van der Waals surface area contributed by atoms with Crippen LogP contribution in [0.3, 0.4) is 0 Å². The lowest BCUT2D eigenvalue weighted by Crippen LogP contribution is -2.18. The van der Waals surface area contributed by atoms with Crippen LogP contribution in [0.5, 0.6) is 0 Å². The van der Waals surface area contributed by atoms with Crippen molar-refractivity contribution in [1.29, 1.82) is 0 Å². The molecule has 4 nitrogen and oxygen atoms in total. The molecule has 0 unspecified atom stereocenters. The molecule has 0 spiro atoms. The van der Waals surface area contributed by atoms with Crippen LogP contribution in [0, 0.1) is 6.92 Å². The van der Waals surface area contributed by atoms with Gasteiger partial charge in [-0.1, -0.05) is 0 Å². The lowest BCUT2D eigenvalue weighted by Gasteiger charge is -2.17. The number of hydrogen-bond acceptors (Lipinski definition) is 4. The van der Waals surface area contributed by atoms with E-state index in [1.807, 2.05) is 31.0 Å². The van der Waals surface area contributed by atoms with Crippen LogP contribution < -0.4 is 4.90 Å². The number of aryl methyl sites for hydroxylation is 1. The molecule has 0 saturated carbocycles. The summed E-state index contributed by atoms with van der Waals surface area (Å²) in [5.41, 5.74) is 0.582. The molecule has 2 aromatic rings. The number of nitrogens with zero attached hydrogens (tertiary/aromatic N) is 2. The van der Waals surface area contributed by atoms with Gasteiger partial charge in [-0.25, -0.2) is 4.98 Å². The second kappa shape index (κ2) is 4.82. The Labute approximate surface area is 99.9 Å². The van der Waals surface area contributed by atoms with Gasteiger partial charge in [-0.05, 0) is 31.2 Å². The molecule has 2 rings (SSSR count). The first-order valence-corrected chi connectivity index (χ1v) is 5.37. The van der Waals surface area contributed by atoms with Crippen molar-refractivity contribution in [1.82, 2.24) is 4.98 Å². The summed E-state index contributed by atoms with van der Waals surface area (Å²) >= 11 is 0. The number of pyridine rings is 1. The third-order valence-electron chi connectivity index (χ3n) is 2.49. The molecule has 0 N–H and O–H groups in total. The van der Waals surface area contributed by atoms with E-state index in [1.165, 1.54) is 0 Å². The van der Waals surface area contributed by atoms with Crippen LogP contribution in [0.25, 0.3) is 0 Å². The lowest BCUT2D eigenvalue weighted by molar-refractivity contribution is 0.112. The maximum atomic E-state index is 10.9. The fourth-order valence-electron chi connectivity index (χ4n) is 1.70. The lowest BCUT2D eigenvalue weighted by atomic mass is 10.2. The van der Waals surface area contributed by atoms with Crippen molar-refractivity contribution in [3.63, 3.8) is 0 Å². The number of carbonyl (C=O) groups is 1. The van der Waals surface area contributed by atoms with Crippen molar-refractivity contribution in [2.24, 2.45) is 0 Å². The summed E-state index contributed by atoms with van der Waals surface area (Å²) in [6.07, 6.45) is 2.48. The first kappa shape index (κ1) is 11.4. The monoisotopic (exact) mass is 230 g/mol. The molecule has 0 radical (unpaired) electrons. The average Bonchev–Trinajstić information content (AvgIpc) is 2.74. The largest absolute Gasteiger partial charge is 0.464 e. The van der Waals surface area contributed by atoms with Crippen LogP contribution in [-0.4, -0.2) is 18.3 Å². The topological polar surface area (TPSA) is 46.3 Å². The predicted molar refractivity (Wildman–Crippen MR) is 65.2 cm³/mol. The highest BCUT2D eigenvalue weighted by Crippen LogP contribution is 2.17. The smallest absolute Gasteiger partial charge is 0.153 e. The van der Waals surface area contributed by atoms with E-state index in [9.17, 15) is 4.79 Å². The molecule has 2 heterocycles. The Balaban J connectivity index is 2.19. The maximum Gasteiger partial charge on any atom is 0.153 e. The second-order valence-electron chi connectivity index (χ2n) is 3.90. The molecule has 0 aromatic carbocycles. The molecular weight excluding hydrogens is 216 g/mol. The van der Waals surface area contributed by atoms with Crippen molar-refractivity contribution in [2.75, 3.05) is 11.9 Å². The number of hydrogen-bond donors (Lipinski definition) is 0. The molecule has 88 valence electrons. The van der Waals surface area contributed by atoms with E-state index in [0.29, 0.717) is 17.9 Å². The van der Waals surface area contributed by atoms with Crippen LogP contribution in [0.1, 0.15) is 21.9 Å². The van der Waals surface area contributed by atoms with Gasteiger partial charge in [-0.15, -0.1) is 0 Å². The molecule has 0 amide bonds. The van der Waals surface area contributed by atoms with Crippen LogP contribution in [-0.2, 0) is 6.54 Å². The molecule has 2 aromatic heterocycles. The van der Waals surface area contributed by atoms with Crippen molar-refractivity contribution in [3.8, 4) is 0 Å². The zero-order chi connectivity index (χ0) is 12.3. The molecule has 17 heavy (non-hydrogen) atoms. The van der Waals surface area contributed by atoms with E-state index in [4.69, 9.17) is 4.42 Å². The molecule has 0 aliphatic rings. The molecule has 0 bridgehead atoms. The van der Waals surface area contributed by atoms with Crippen molar-refractivity contribution in [2.45, 2.75) is 13.5 Å². The number of carbonyl (C=O) groups excluding carboxylic acids is 1. The van der Waals surface area contributed by atoms with Crippen LogP contribution >= 0.6 is 0 Å². The first-order valence-electron chi connectivity index (χ1n) is 5.37. The third kappa shape index (κ3) is 2.53. The Morgan fingerprint density at radius 2 is 2.24 bits per heavy atom. The van der Waals surface area contributed by atoms with Gasteiger partial charge in [-0.2, -0.15) is 0 Å². The highest BCUT2D eigenvalue weighted by molar-refractivity contribution is 5.82. The summed E-state index contributed by atoms with van der Waals surface area (Å²) in [5.74, 6) is 2.40. The summed E-state index contributed by atoms with van der Waals surface area (Å²) in [7, 11) is 1.88. The van der Waals surface area contributed by atoms with Gasteiger partial charge >= 0.3 is 0 Å². The molecule has 4 heteroatoms. The minimum absolute atomic E-state index is 0.582. The van der Waals surface area contributed by atoms with E-state index in [2.05, 4.69) is 4.98 Å². The number of rotatable bonds is 4. The van der Waals surface area contributed by atoms with Crippen molar-refractivity contribution < 1.29 is 9.21 Å². The van der Waals surface area contributed by atoms with Crippen LogP contribution in [0.4, 0.5) is 5.82 Å². The molecule has 0 aliphatic heterocycles. The normalized spacial score (nSPS) is 10.2. The Kier molecular flexibility index (Phi) is 3.23. The standard InChI is InChI=1S/C13H14N2O2/c1-10-5-6-12(17-10)8-15(2)13-11(9-16)4-3-7-14-13/h3-7,9H,8H2,1-2H3. The van der Waals surface area contributed by atoms with E-state index in [-0.39, 0.29) is 0 Å². The Bertz CT molecular complexity index is 520. The van der Waals surface area contributed by atoms with E-state index >= 15 is 0 Å². The minimum Gasteiger partial charge on any atom is -0.464 e. The molecule has 0 aliphatic carbocycles. The van der Waals surface area contributed by atoms with Gasteiger partial charge in [0.2, 0.25) is 0 Å². The Morgan fingerprint density at radius 1 is 1.41 bits per heavy atom. The summed E-state index contributed by atoms with van der Waals surface area (Å²) < 4.78 is 5.49. The number of aldehydes is 1. The van der Waals surface area contributed by atoms with Gasteiger partial charge in [0, 0.05) is 13.2 Å². The number of furan rings is 1. The molecule has 0 saturated heterocycles. The van der Waals surface area contributed by atoms with Crippen LogP contribution in [0.2, 0.25) is 0 Å². The van der Waals surface area contributed by atoms with Gasteiger partial charge in [0.15, 0.2) is 6.29 Å². The molecular formula is C13H14N2O2. The molecule has 0 fully saturated rings. The summed E-state index contributed by atoms with van der Waals surface area (Å²) in [6.45, 7) is 2.49. The zero-order valence-corrected chi connectivity index (χ0v) is 9.88. The van der Waals surface area contributed by atoms with Crippen molar-refractivity contribution >= 4 is 12.1 Å². The number of aromatic nitrogens is 1. The highest BCUT2D eigenvalue weighted by Gasteiger charge is 2.10. The van der Waals surface area contributed by atoms with Gasteiger partial charge in [0.1, 0.15) is 17.3 Å². The van der Waals surface area contributed by atoms with Gasteiger partial charge < -0.3 is 9.32 Å². The van der Waals surface area contributed by atoms with Crippen molar-refractivity contribution in [3.05, 3.63) is 47.5 Å². The van der Waals surface area contributed by atoms with E-state index in [1.54, 1.807) is 18.3 Å². The SMILES string of the molecule is Cc1ccc(CN(C)c2ncccc2C=O)o1. The Hall–Kier alpha value is -2.10. The second-order valence-corrected chi connectivity index (χ2v) is 3.90. The fraction of sp³-hybridized carbons (Fsp3) is 0.231. The van der Waals surface area contributed by atoms with Gasteiger partial charge in [0.25, 0.3) is 0 Å². The first-order chi connectivity index (χ1) is 8.20. The third-order valence-corrected chi connectivity index (χ3v) is 2.49. The number of anilines is 1. The van der Waals surface area contributed by atoms with E-state index < -0.39 is 0 Å². The summed E-state index contributed by atoms with van der Waals surface area (Å²) in [5, 5.41) is 0. The highest BCUT2D eigenvalue weighted by atomic mass is 16.3. The predicted octanol–water partition coefficient (Wildman–Crippen LogP) is 2.43. The van der Waals surface area contributed by atoms with E-state index in [0.717, 1.165) is 17.8 Å². The quantitative estimate of drug-likeness (QED) is 0.757. The van der Waals surface area contributed by atoms with Crippen LogP contribution in [0.15, 0.2) is 34.9 Å². The fourth-order valence-corrected chi connectivity index (χ4v) is 1.70. The minimum atomic E-state index is 0.582. The molecule has 0 atom stereocenters. The zero-order valence-electron chi connectivity index (χ0n) is 9.88. The maximum absolute atomic E-state index is 10.9. The average molecular weight is 230 g/mol. The Morgan fingerprint density at radius 3 is 2.88 bits per heavy atom. The summed E-state index contributed by atoms with van der Waals surface area (Å²) in [6, 6.07) is 7.34. The van der Waals surface area contributed by atoms with Gasteiger partial charge in [-0.3, -0.25) is 4.79 Å². The summed E-state index contributed by atoms with van der Waals surface area (Å²) in [4.78, 5) is 17.0. The van der Waals surface area contributed by atoms with Gasteiger partial charge in [0.05, 0.1) is 12.1 Å².